The van der Waals surface area contributed by atoms with Crippen molar-refractivity contribution in [2.24, 2.45) is 0 Å². The molecule has 1 aromatic rings. The Kier molecular flexibility index (Phi) is 4.73. The standard InChI is InChI=1S/C9H13ClO2S/c1-2-12-5-3-8(11)9-7(10)4-6-13-9/h4,6,8,11H,2-3,5H2,1H3. The Morgan fingerprint density at radius 3 is 3.00 bits per heavy atom. The van der Waals surface area contributed by atoms with Crippen molar-refractivity contribution in [2.45, 2.75) is 19.4 Å². The van der Waals surface area contributed by atoms with Crippen molar-refractivity contribution in [3.8, 4) is 0 Å². The van der Waals surface area contributed by atoms with Crippen LogP contribution in [-0.4, -0.2) is 18.3 Å². The molecule has 2 nitrogen and oxygen atoms in total. The van der Waals surface area contributed by atoms with Crippen LogP contribution in [0.3, 0.4) is 0 Å². The lowest BCUT2D eigenvalue weighted by atomic mass is 10.2. The summed E-state index contributed by atoms with van der Waals surface area (Å²) in [7, 11) is 0. The first-order valence-corrected chi connectivity index (χ1v) is 5.50. The topological polar surface area (TPSA) is 29.5 Å². The number of aliphatic hydroxyl groups is 1. The second-order valence-electron chi connectivity index (χ2n) is 2.63. The zero-order chi connectivity index (χ0) is 9.68. The molecule has 74 valence electrons. The summed E-state index contributed by atoms with van der Waals surface area (Å²) in [5.41, 5.74) is 0. The second-order valence-corrected chi connectivity index (χ2v) is 3.99. The van der Waals surface area contributed by atoms with E-state index in [1.165, 1.54) is 11.3 Å². The van der Waals surface area contributed by atoms with Crippen molar-refractivity contribution in [1.29, 1.82) is 0 Å². The molecule has 0 aliphatic heterocycles. The molecular formula is C9H13ClO2S. The van der Waals surface area contributed by atoms with Crippen LogP contribution in [0.4, 0.5) is 0 Å². The Balaban J connectivity index is 2.39. The first kappa shape index (κ1) is 11.0. The molecule has 1 N–H and O–H groups in total. The first-order chi connectivity index (χ1) is 6.25. The lowest BCUT2D eigenvalue weighted by molar-refractivity contribution is 0.0903. The molecule has 1 heterocycles. The van der Waals surface area contributed by atoms with Gasteiger partial charge in [-0.2, -0.15) is 0 Å². The Morgan fingerprint density at radius 1 is 1.69 bits per heavy atom. The average Bonchev–Trinajstić information content (AvgIpc) is 2.52. The fraction of sp³-hybridized carbons (Fsp3) is 0.556. The van der Waals surface area contributed by atoms with Crippen LogP contribution in [0, 0.1) is 0 Å². The van der Waals surface area contributed by atoms with E-state index in [0.29, 0.717) is 24.7 Å². The van der Waals surface area contributed by atoms with Gasteiger partial charge in [0.05, 0.1) is 16.0 Å². The van der Waals surface area contributed by atoms with Crippen LogP contribution in [0.15, 0.2) is 11.4 Å². The highest BCUT2D eigenvalue weighted by Crippen LogP contribution is 2.30. The molecule has 0 aromatic carbocycles. The van der Waals surface area contributed by atoms with Gasteiger partial charge in [-0.25, -0.2) is 0 Å². The molecule has 0 amide bonds. The van der Waals surface area contributed by atoms with Gasteiger partial charge >= 0.3 is 0 Å². The minimum absolute atomic E-state index is 0.487. The van der Waals surface area contributed by atoms with Crippen molar-refractivity contribution >= 4 is 22.9 Å². The average molecular weight is 221 g/mol. The van der Waals surface area contributed by atoms with Gasteiger partial charge in [0, 0.05) is 19.6 Å². The van der Waals surface area contributed by atoms with Crippen LogP contribution in [0.2, 0.25) is 5.02 Å². The van der Waals surface area contributed by atoms with Crippen LogP contribution in [0.25, 0.3) is 0 Å². The third-order valence-electron chi connectivity index (χ3n) is 1.69. The first-order valence-electron chi connectivity index (χ1n) is 4.24. The van der Waals surface area contributed by atoms with Crippen molar-refractivity contribution in [1.82, 2.24) is 0 Å². The molecule has 0 saturated carbocycles. The van der Waals surface area contributed by atoms with E-state index < -0.39 is 6.10 Å². The monoisotopic (exact) mass is 220 g/mol. The van der Waals surface area contributed by atoms with E-state index in [1.54, 1.807) is 6.07 Å². The van der Waals surface area contributed by atoms with Crippen molar-refractivity contribution in [3.05, 3.63) is 21.3 Å². The van der Waals surface area contributed by atoms with Gasteiger partial charge in [0.2, 0.25) is 0 Å². The van der Waals surface area contributed by atoms with Crippen LogP contribution in [-0.2, 0) is 4.74 Å². The zero-order valence-corrected chi connectivity index (χ0v) is 9.07. The molecule has 0 bridgehead atoms. The molecule has 0 fully saturated rings. The van der Waals surface area contributed by atoms with Crippen molar-refractivity contribution in [2.75, 3.05) is 13.2 Å². The van der Waals surface area contributed by atoms with Gasteiger partial charge in [0.1, 0.15) is 0 Å². The molecule has 13 heavy (non-hydrogen) atoms. The summed E-state index contributed by atoms with van der Waals surface area (Å²) < 4.78 is 5.14. The second kappa shape index (κ2) is 5.60. The lowest BCUT2D eigenvalue weighted by Crippen LogP contribution is -2.01. The van der Waals surface area contributed by atoms with E-state index in [1.807, 2.05) is 12.3 Å². The molecule has 1 unspecified atom stereocenters. The summed E-state index contributed by atoms with van der Waals surface area (Å²) in [6.07, 6.45) is 0.118. The third kappa shape index (κ3) is 3.27. The number of rotatable bonds is 5. The van der Waals surface area contributed by atoms with Gasteiger partial charge in [-0.3, -0.25) is 0 Å². The van der Waals surface area contributed by atoms with Crippen LogP contribution < -0.4 is 0 Å². The Labute approximate surface area is 87.1 Å². The minimum atomic E-state index is -0.487. The number of aliphatic hydroxyl groups excluding tert-OH is 1. The molecular weight excluding hydrogens is 208 g/mol. The van der Waals surface area contributed by atoms with Crippen LogP contribution in [0.5, 0.6) is 0 Å². The molecule has 0 saturated heterocycles. The van der Waals surface area contributed by atoms with E-state index >= 15 is 0 Å². The van der Waals surface area contributed by atoms with Gasteiger partial charge < -0.3 is 9.84 Å². The van der Waals surface area contributed by atoms with E-state index in [2.05, 4.69) is 0 Å². The lowest BCUT2D eigenvalue weighted by Gasteiger charge is -2.08. The maximum Gasteiger partial charge on any atom is 0.0918 e. The highest BCUT2D eigenvalue weighted by atomic mass is 35.5. The van der Waals surface area contributed by atoms with E-state index in [9.17, 15) is 5.11 Å². The van der Waals surface area contributed by atoms with Gasteiger partial charge in [0.15, 0.2) is 0 Å². The van der Waals surface area contributed by atoms with Crippen LogP contribution >= 0.6 is 22.9 Å². The number of thiophene rings is 1. The summed E-state index contributed by atoms with van der Waals surface area (Å²) in [4.78, 5) is 0.835. The summed E-state index contributed by atoms with van der Waals surface area (Å²) in [5, 5.41) is 12.2. The zero-order valence-electron chi connectivity index (χ0n) is 7.50. The van der Waals surface area contributed by atoms with Gasteiger partial charge in [-0.05, 0) is 18.4 Å². The van der Waals surface area contributed by atoms with Gasteiger partial charge in [-0.15, -0.1) is 11.3 Å². The molecule has 4 heteroatoms. The Hall–Kier alpha value is -0.0900. The van der Waals surface area contributed by atoms with Crippen molar-refractivity contribution < 1.29 is 9.84 Å². The molecule has 1 atom stereocenters. The molecule has 0 aliphatic rings. The fourth-order valence-corrected chi connectivity index (χ4v) is 2.22. The van der Waals surface area contributed by atoms with Gasteiger partial charge in [-0.1, -0.05) is 11.6 Å². The summed E-state index contributed by atoms with van der Waals surface area (Å²) in [6, 6.07) is 1.80. The van der Waals surface area contributed by atoms with E-state index in [4.69, 9.17) is 16.3 Å². The molecule has 1 aromatic heterocycles. The quantitative estimate of drug-likeness (QED) is 0.774. The summed E-state index contributed by atoms with van der Waals surface area (Å²) in [6.45, 7) is 3.20. The Morgan fingerprint density at radius 2 is 2.46 bits per heavy atom. The highest BCUT2D eigenvalue weighted by molar-refractivity contribution is 7.10. The highest BCUT2D eigenvalue weighted by Gasteiger charge is 2.12. The molecule has 1 rings (SSSR count). The normalized spacial score (nSPS) is 13.2. The number of hydrogen-bond donors (Lipinski definition) is 1. The predicted octanol–water partition coefficient (Wildman–Crippen LogP) is 2.86. The predicted molar refractivity (Wildman–Crippen MR) is 55.4 cm³/mol. The molecule has 0 spiro atoms. The van der Waals surface area contributed by atoms with E-state index in [0.717, 1.165) is 4.88 Å². The number of hydrogen-bond acceptors (Lipinski definition) is 3. The summed E-state index contributed by atoms with van der Waals surface area (Å²) >= 11 is 7.34. The maximum absolute atomic E-state index is 9.66. The van der Waals surface area contributed by atoms with Crippen molar-refractivity contribution in [3.63, 3.8) is 0 Å². The molecule has 0 radical (unpaired) electrons. The Bertz CT molecular complexity index is 250. The minimum Gasteiger partial charge on any atom is -0.387 e. The van der Waals surface area contributed by atoms with Crippen LogP contribution in [0.1, 0.15) is 24.3 Å². The maximum atomic E-state index is 9.66. The summed E-state index contributed by atoms with van der Waals surface area (Å²) in [5.74, 6) is 0. The number of ether oxygens (including phenoxy) is 1. The SMILES string of the molecule is CCOCCC(O)c1sccc1Cl. The van der Waals surface area contributed by atoms with Gasteiger partial charge in [0.25, 0.3) is 0 Å². The third-order valence-corrected chi connectivity index (χ3v) is 3.15. The fourth-order valence-electron chi connectivity index (χ4n) is 1.01. The largest absolute Gasteiger partial charge is 0.387 e. The smallest absolute Gasteiger partial charge is 0.0918 e. The van der Waals surface area contributed by atoms with E-state index in [-0.39, 0.29) is 0 Å². The number of halogens is 1. The molecule has 0 aliphatic carbocycles.